The number of β-lactam (4-membered cyclic amide) rings is 1. The number of benzene rings is 1. The van der Waals surface area contributed by atoms with Crippen LogP contribution >= 0.6 is 23.1 Å². The van der Waals surface area contributed by atoms with Gasteiger partial charge in [0.1, 0.15) is 17.1 Å². The first-order valence-electron chi connectivity index (χ1n) is 16.8. The first-order valence-corrected chi connectivity index (χ1v) is 18.7. The van der Waals surface area contributed by atoms with Crippen molar-refractivity contribution in [3.63, 3.8) is 0 Å². The Morgan fingerprint density at radius 2 is 1.92 bits per heavy atom. The lowest BCUT2D eigenvalue weighted by molar-refractivity contribution is -0.766. The van der Waals surface area contributed by atoms with Gasteiger partial charge >= 0.3 is 11.9 Å². The van der Waals surface area contributed by atoms with Crippen LogP contribution in [0.25, 0.3) is 0 Å². The number of amides is 1. The Labute approximate surface area is 312 Å². The predicted molar refractivity (Wildman–Crippen MR) is 195 cm³/mol. The third kappa shape index (κ3) is 7.99. The number of carboxylic acid groups (broad SMARTS) is 2. The third-order valence-electron chi connectivity index (χ3n) is 9.06. The molecule has 1 fully saturated rings. The van der Waals surface area contributed by atoms with E-state index < -0.39 is 40.5 Å². The Morgan fingerprint density at radius 1 is 1.17 bits per heavy atom. The summed E-state index contributed by atoms with van der Waals surface area (Å²) in [5.41, 5.74) is 10.8. The van der Waals surface area contributed by atoms with Gasteiger partial charge in [-0.05, 0) is 38.0 Å². The van der Waals surface area contributed by atoms with Gasteiger partial charge in [0.05, 0.1) is 36.3 Å². The second kappa shape index (κ2) is 15.3. The number of carbonyl (C=O) groups is 4. The van der Waals surface area contributed by atoms with E-state index >= 15 is 0 Å². The van der Waals surface area contributed by atoms with Gasteiger partial charge in [-0.15, -0.1) is 32.5 Å². The number of Topliss-reactive ketones (excluding diaryl/α,β-unsaturated/α-hetero) is 1. The number of anilines is 2. The van der Waals surface area contributed by atoms with Crippen LogP contribution in [0.5, 0.6) is 5.75 Å². The maximum absolute atomic E-state index is 13.5. The number of carboxylic acids is 2. The zero-order valence-electron chi connectivity index (χ0n) is 29.1. The quantitative estimate of drug-likeness (QED) is 0.0330. The fraction of sp³-hybridized carbons (Fsp3) is 0.412. The number of hydrogen-bond donors (Lipinski definition) is 5. The molecule has 0 unspecified atom stereocenters. The van der Waals surface area contributed by atoms with Crippen LogP contribution in [0.4, 0.5) is 10.9 Å². The van der Waals surface area contributed by atoms with Crippen molar-refractivity contribution in [1.29, 1.82) is 5.41 Å². The van der Waals surface area contributed by atoms with E-state index in [2.05, 4.69) is 19.7 Å². The standard InChI is InChI=1S/C34H39N9O8S2/c1-34(2,32(48)49)51-39-27(23-18-53-33(37)38-23)24(44)14-22-29(45)43-28(31(46)47)20(17-52-30(22)43)16-41-10-9-26-40(11-12-42(26)41)15-19-5-7-21(8-6-19)50-13-3-4-25(35)36/h5-10,18,22,30H,3-4,11-17H2,1-2H3,(H6-,35,36,37,38,46,47,48,49)/p+1/b39-27-/t22-,30-/m1/s1. The van der Waals surface area contributed by atoms with Crippen LogP contribution in [-0.4, -0.2) is 89.8 Å². The number of nitrogen functional groups attached to an aromatic ring is 1. The molecule has 19 heteroatoms. The second-order valence-electron chi connectivity index (χ2n) is 13.3. The number of oxime groups is 1. The summed E-state index contributed by atoms with van der Waals surface area (Å²) in [6.45, 7) is 5.42. The summed E-state index contributed by atoms with van der Waals surface area (Å²) in [6, 6.07) is 9.87. The summed E-state index contributed by atoms with van der Waals surface area (Å²) < 4.78 is 9.80. The van der Waals surface area contributed by atoms with E-state index in [1.54, 1.807) is 0 Å². The Hall–Kier alpha value is -5.43. The highest BCUT2D eigenvalue weighted by Gasteiger charge is 2.54. The molecule has 0 spiro atoms. The minimum absolute atomic E-state index is 0.0864. The fourth-order valence-corrected chi connectivity index (χ4v) is 8.17. The van der Waals surface area contributed by atoms with Crippen molar-refractivity contribution < 1.29 is 43.6 Å². The lowest BCUT2D eigenvalue weighted by atomic mass is 9.89. The van der Waals surface area contributed by atoms with E-state index in [1.807, 2.05) is 41.2 Å². The average Bonchev–Trinajstić information content (AvgIpc) is 3.84. The maximum Gasteiger partial charge on any atom is 0.352 e. The molecule has 5 heterocycles. The van der Waals surface area contributed by atoms with E-state index in [0.29, 0.717) is 43.9 Å². The van der Waals surface area contributed by atoms with Crippen molar-refractivity contribution in [2.75, 3.05) is 29.5 Å². The summed E-state index contributed by atoms with van der Waals surface area (Å²) >= 11 is 2.44. The highest BCUT2D eigenvalue weighted by atomic mass is 32.2. The Bertz CT molecular complexity index is 2010. The smallest absolute Gasteiger partial charge is 0.352 e. The van der Waals surface area contributed by atoms with Crippen LogP contribution in [0.2, 0.25) is 0 Å². The number of ketones is 1. The lowest BCUT2D eigenvalue weighted by Crippen LogP contribution is -2.62. The molecule has 3 aliphatic rings. The molecule has 2 atom stereocenters. The SMILES string of the molecule is CC(C)(O/N=C(\C(=O)C[C@@H]1C(=O)N2C(C(=O)O)=C(C[n+]3ccc4n3CCN4Cc3ccc(OCCCC(=N)N)cc3)CS[C@H]12)c1csc(N)n1)C(=O)O. The van der Waals surface area contributed by atoms with Gasteiger partial charge in [0.25, 0.3) is 0 Å². The Kier molecular flexibility index (Phi) is 10.8. The number of rotatable bonds is 17. The van der Waals surface area contributed by atoms with E-state index in [9.17, 15) is 29.4 Å². The van der Waals surface area contributed by atoms with Gasteiger partial charge in [-0.3, -0.25) is 19.9 Å². The monoisotopic (exact) mass is 766 g/mol. The molecule has 0 saturated carbocycles. The number of amidine groups is 1. The molecule has 53 heavy (non-hydrogen) atoms. The largest absolute Gasteiger partial charge is 0.494 e. The topological polar surface area (TPSA) is 244 Å². The Balaban J connectivity index is 1.12. The molecule has 3 aromatic rings. The number of ether oxygens (including phenoxy) is 1. The Morgan fingerprint density at radius 3 is 2.58 bits per heavy atom. The van der Waals surface area contributed by atoms with Crippen molar-refractivity contribution in [3.05, 3.63) is 64.4 Å². The van der Waals surface area contributed by atoms with Crippen LogP contribution in [0.3, 0.4) is 0 Å². The molecule has 17 nitrogen and oxygen atoms in total. The number of thiazole rings is 1. The third-order valence-corrected chi connectivity index (χ3v) is 11.1. The lowest BCUT2D eigenvalue weighted by Gasteiger charge is -2.49. The van der Waals surface area contributed by atoms with Crippen LogP contribution < -0.4 is 25.8 Å². The maximum atomic E-state index is 13.5. The number of nitrogens with one attached hydrogen (secondary N) is 1. The van der Waals surface area contributed by atoms with Crippen LogP contribution in [0, 0.1) is 11.3 Å². The van der Waals surface area contributed by atoms with Crippen LogP contribution in [0.1, 0.15) is 44.4 Å². The molecule has 0 aliphatic carbocycles. The van der Waals surface area contributed by atoms with Crippen molar-refractivity contribution in [1.82, 2.24) is 14.6 Å². The predicted octanol–water partition coefficient (Wildman–Crippen LogP) is 2.04. The summed E-state index contributed by atoms with van der Waals surface area (Å²) in [5.74, 6) is -2.26. The number of aliphatic carboxylic acids is 2. The van der Waals surface area contributed by atoms with Crippen molar-refractivity contribution >= 4 is 69.2 Å². The molecule has 0 radical (unpaired) electrons. The molecule has 1 saturated heterocycles. The van der Waals surface area contributed by atoms with Crippen molar-refractivity contribution in [2.24, 2.45) is 16.8 Å². The molecular formula is C34H40N9O8S2+. The first-order chi connectivity index (χ1) is 25.2. The van der Waals surface area contributed by atoms with Crippen molar-refractivity contribution in [2.45, 2.75) is 63.7 Å². The summed E-state index contributed by atoms with van der Waals surface area (Å²) in [4.78, 5) is 64.0. The van der Waals surface area contributed by atoms with Gasteiger partial charge in [0, 0.05) is 42.6 Å². The highest BCUT2D eigenvalue weighted by Crippen LogP contribution is 2.45. The van der Waals surface area contributed by atoms with Crippen LogP contribution in [-0.2, 0) is 43.7 Å². The number of nitrogens with zero attached hydrogens (tertiary/aromatic N) is 6. The van der Waals surface area contributed by atoms with Crippen molar-refractivity contribution in [3.8, 4) is 5.75 Å². The number of carbonyl (C=O) groups excluding carboxylic acids is 2. The number of fused-ring (bicyclic) bond motifs is 2. The molecule has 1 aromatic carbocycles. The van der Waals surface area contributed by atoms with Gasteiger partial charge in [-0.1, -0.05) is 17.3 Å². The summed E-state index contributed by atoms with van der Waals surface area (Å²) in [7, 11) is 0. The van der Waals surface area contributed by atoms with E-state index in [-0.39, 0.29) is 41.0 Å². The number of nitrogens with two attached hydrogens (primary N) is 2. The molecule has 2 aromatic heterocycles. The molecule has 6 rings (SSSR count). The second-order valence-corrected chi connectivity index (χ2v) is 15.3. The van der Waals surface area contributed by atoms with Gasteiger partial charge in [0.2, 0.25) is 11.5 Å². The van der Waals surface area contributed by atoms with E-state index in [4.69, 9.17) is 26.5 Å². The van der Waals surface area contributed by atoms with Gasteiger partial charge in [0.15, 0.2) is 35.2 Å². The average molecular weight is 767 g/mol. The van der Waals surface area contributed by atoms with Gasteiger partial charge < -0.3 is 36.2 Å². The number of aromatic nitrogens is 3. The summed E-state index contributed by atoms with van der Waals surface area (Å²) in [5, 5.41) is 31.9. The fourth-order valence-electron chi connectivity index (χ4n) is 6.22. The summed E-state index contributed by atoms with van der Waals surface area (Å²) in [6.07, 6.45) is 2.77. The minimum atomic E-state index is -1.75. The highest BCUT2D eigenvalue weighted by molar-refractivity contribution is 8.00. The molecule has 280 valence electrons. The van der Waals surface area contributed by atoms with Crippen LogP contribution in [0.15, 0.2) is 58.3 Å². The first kappa shape index (κ1) is 37.3. The van der Waals surface area contributed by atoms with Gasteiger partial charge in [-0.25, -0.2) is 14.6 Å². The molecule has 3 aliphatic heterocycles. The van der Waals surface area contributed by atoms with E-state index in [1.165, 1.54) is 35.9 Å². The zero-order chi connectivity index (χ0) is 38.0. The van der Waals surface area contributed by atoms with Gasteiger partial charge in [-0.2, -0.15) is 0 Å². The molecule has 0 bridgehead atoms. The normalized spacial score (nSPS) is 18.4. The molecular weight excluding hydrogens is 727 g/mol. The molecule has 7 N–H and O–H groups in total. The minimum Gasteiger partial charge on any atom is -0.494 e. The number of thioether (sulfide) groups is 1. The van der Waals surface area contributed by atoms with E-state index in [0.717, 1.165) is 35.0 Å². The molecule has 1 amide bonds. The number of hydrogen-bond acceptors (Lipinski definition) is 13. The zero-order valence-corrected chi connectivity index (χ0v) is 30.7.